The number of rotatable bonds is 4. The van der Waals surface area contributed by atoms with Gasteiger partial charge in [-0.2, -0.15) is 0 Å². The van der Waals surface area contributed by atoms with E-state index in [9.17, 15) is 9.59 Å². The van der Waals surface area contributed by atoms with Gasteiger partial charge in [-0.05, 0) is 31.2 Å². The minimum absolute atomic E-state index is 0. The second-order valence-electron chi connectivity index (χ2n) is 3.47. The summed E-state index contributed by atoms with van der Waals surface area (Å²) < 4.78 is 4.42. The highest BCUT2D eigenvalue weighted by molar-refractivity contribution is 6.37. The first-order valence-electron chi connectivity index (χ1n) is 5.36. The van der Waals surface area contributed by atoms with E-state index in [1.165, 1.54) is 11.0 Å². The quantitative estimate of drug-likeness (QED) is 0.591. The van der Waals surface area contributed by atoms with E-state index in [1.54, 1.807) is 6.92 Å². The van der Waals surface area contributed by atoms with Crippen LogP contribution in [0.4, 0.5) is 0 Å². The van der Waals surface area contributed by atoms with Crippen LogP contribution < -0.4 is 0 Å². The lowest BCUT2D eigenvalue weighted by Crippen LogP contribution is -2.17. The van der Waals surface area contributed by atoms with Crippen LogP contribution in [0.25, 0.3) is 11.0 Å². The number of nitrogens with one attached hydrogen (secondary N) is 2. The zero-order valence-electron chi connectivity index (χ0n) is 10.3. The van der Waals surface area contributed by atoms with Crippen LogP contribution in [-0.2, 0) is 14.3 Å². The SMILES string of the molecule is CCOC(=O)CC(=N)C(=O)O.Cl.c1cc2ccc1[nH]2. The Balaban J connectivity index is 0.000000345. The molecule has 2 heterocycles. The van der Waals surface area contributed by atoms with Gasteiger partial charge in [0.05, 0.1) is 13.0 Å². The standard InChI is InChI=1S/C6H9NO4.C6H5N.ClH/c1-2-11-5(8)3-4(7)6(9)10;1-2-6-4-3-5(1)7-6;/h7H,2-3H2,1H3,(H,9,10);1-4,7H;1H. The van der Waals surface area contributed by atoms with E-state index in [-0.39, 0.29) is 19.0 Å². The molecule has 0 aliphatic heterocycles. The molecule has 3 N–H and O–H groups in total. The smallest absolute Gasteiger partial charge is 0.350 e. The number of hydrogen-bond acceptors (Lipinski definition) is 4. The van der Waals surface area contributed by atoms with Gasteiger partial charge in [0.2, 0.25) is 0 Å². The highest BCUT2D eigenvalue weighted by Crippen LogP contribution is 2.07. The van der Waals surface area contributed by atoms with E-state index >= 15 is 0 Å². The molecule has 6 nitrogen and oxygen atoms in total. The molecule has 0 amide bonds. The number of H-pyrrole nitrogens is 1. The van der Waals surface area contributed by atoms with Gasteiger partial charge in [0.15, 0.2) is 0 Å². The summed E-state index contributed by atoms with van der Waals surface area (Å²) in [5.74, 6) is -2.07. The summed E-state index contributed by atoms with van der Waals surface area (Å²) >= 11 is 0. The van der Waals surface area contributed by atoms with Crippen LogP contribution >= 0.6 is 12.4 Å². The number of aromatic amines is 1. The summed E-state index contributed by atoms with van der Waals surface area (Å²) in [6.45, 7) is 1.81. The van der Waals surface area contributed by atoms with Crippen molar-refractivity contribution in [2.75, 3.05) is 6.61 Å². The fraction of sp³-hybridized carbons (Fsp3) is 0.250. The second-order valence-corrected chi connectivity index (χ2v) is 3.47. The molecule has 0 atom stereocenters. The third-order valence-electron chi connectivity index (χ3n) is 2.06. The Morgan fingerprint density at radius 1 is 1.26 bits per heavy atom. The number of hydrogen-bond donors (Lipinski definition) is 3. The van der Waals surface area contributed by atoms with Crippen molar-refractivity contribution in [1.82, 2.24) is 4.98 Å². The highest BCUT2D eigenvalue weighted by Gasteiger charge is 2.12. The van der Waals surface area contributed by atoms with Crippen LogP contribution in [0, 0.1) is 5.41 Å². The Morgan fingerprint density at radius 3 is 2.00 bits per heavy atom. The molecule has 0 aromatic carbocycles. The number of benzene rings is 1. The predicted molar refractivity (Wildman–Crippen MR) is 73.3 cm³/mol. The predicted octanol–water partition coefficient (Wildman–Crippen LogP) is 2.07. The molecule has 0 aliphatic carbocycles. The number of aliphatic carboxylic acids is 1. The first-order valence-corrected chi connectivity index (χ1v) is 5.36. The van der Waals surface area contributed by atoms with E-state index < -0.39 is 24.1 Å². The minimum Gasteiger partial charge on any atom is -0.477 e. The Hall–Kier alpha value is -2.08. The van der Waals surface area contributed by atoms with Gasteiger partial charge >= 0.3 is 11.9 Å². The number of aromatic nitrogens is 1. The van der Waals surface area contributed by atoms with Crippen LogP contribution in [0.15, 0.2) is 24.3 Å². The Kier molecular flexibility index (Phi) is 7.21. The molecule has 0 aliphatic rings. The third kappa shape index (κ3) is 5.87. The van der Waals surface area contributed by atoms with Crippen LogP contribution in [0.2, 0.25) is 0 Å². The number of fused-ring (bicyclic) bond motifs is 2. The van der Waals surface area contributed by atoms with Crippen molar-refractivity contribution < 1.29 is 19.4 Å². The Labute approximate surface area is 116 Å². The van der Waals surface area contributed by atoms with Gasteiger partial charge < -0.3 is 14.8 Å². The van der Waals surface area contributed by atoms with Crippen LogP contribution in [0.1, 0.15) is 13.3 Å². The zero-order chi connectivity index (χ0) is 13.5. The number of esters is 1. The Bertz CT molecular complexity index is 493. The molecular formula is C12H15ClN2O4. The van der Waals surface area contributed by atoms with Crippen molar-refractivity contribution in [1.29, 1.82) is 5.41 Å². The molecule has 0 radical (unpaired) electrons. The lowest BCUT2D eigenvalue weighted by Gasteiger charge is -1.98. The summed E-state index contributed by atoms with van der Waals surface area (Å²) in [6, 6.07) is 8.26. The number of carboxylic acids is 1. The molecule has 0 fully saturated rings. The normalized spacial score (nSPS) is 9.11. The largest absolute Gasteiger partial charge is 0.477 e. The van der Waals surface area contributed by atoms with E-state index in [1.807, 2.05) is 0 Å². The van der Waals surface area contributed by atoms with E-state index in [0.717, 1.165) is 0 Å². The molecule has 0 saturated carbocycles. The molecule has 0 saturated heterocycles. The number of ether oxygens (including phenoxy) is 1. The number of carbonyl (C=O) groups excluding carboxylic acids is 1. The molecule has 2 bridgehead atoms. The maximum absolute atomic E-state index is 10.5. The topological polar surface area (TPSA) is 103 Å². The summed E-state index contributed by atoms with van der Waals surface area (Å²) in [5.41, 5.74) is 1.79. The molecule has 104 valence electrons. The van der Waals surface area contributed by atoms with E-state index in [4.69, 9.17) is 10.5 Å². The van der Waals surface area contributed by atoms with Gasteiger partial charge in [-0.3, -0.25) is 10.2 Å². The van der Waals surface area contributed by atoms with Crippen LogP contribution in [0.5, 0.6) is 0 Å². The maximum Gasteiger partial charge on any atom is 0.350 e. The monoisotopic (exact) mass is 286 g/mol. The Morgan fingerprint density at radius 2 is 1.74 bits per heavy atom. The van der Waals surface area contributed by atoms with Gasteiger partial charge in [0, 0.05) is 11.0 Å². The average Bonchev–Trinajstić information content (AvgIpc) is 2.94. The van der Waals surface area contributed by atoms with Gasteiger partial charge in [-0.25, -0.2) is 4.79 Å². The van der Waals surface area contributed by atoms with Crippen molar-refractivity contribution in [2.45, 2.75) is 13.3 Å². The van der Waals surface area contributed by atoms with Crippen molar-refractivity contribution in [2.24, 2.45) is 0 Å². The van der Waals surface area contributed by atoms with Crippen molar-refractivity contribution in [3.8, 4) is 0 Å². The van der Waals surface area contributed by atoms with Crippen LogP contribution in [-0.4, -0.2) is 34.3 Å². The number of carbonyl (C=O) groups is 2. The summed E-state index contributed by atoms with van der Waals surface area (Å²) in [6.07, 6.45) is -0.469. The van der Waals surface area contributed by atoms with Crippen molar-refractivity contribution in [3.05, 3.63) is 24.3 Å². The minimum atomic E-state index is -1.39. The fourth-order valence-electron chi connectivity index (χ4n) is 1.24. The van der Waals surface area contributed by atoms with Gasteiger partial charge in [-0.1, -0.05) is 0 Å². The summed E-state index contributed by atoms with van der Waals surface area (Å²) in [5, 5.41) is 14.9. The molecule has 0 unspecified atom stereocenters. The van der Waals surface area contributed by atoms with Gasteiger partial charge in [-0.15, -0.1) is 12.4 Å². The summed E-state index contributed by atoms with van der Waals surface area (Å²) in [7, 11) is 0. The average molecular weight is 287 g/mol. The number of halogens is 1. The maximum atomic E-state index is 10.5. The fourth-order valence-corrected chi connectivity index (χ4v) is 1.24. The molecule has 2 rings (SSSR count). The van der Waals surface area contributed by atoms with Crippen molar-refractivity contribution >= 4 is 41.1 Å². The van der Waals surface area contributed by atoms with E-state index in [2.05, 4.69) is 34.0 Å². The highest BCUT2D eigenvalue weighted by atomic mass is 35.5. The molecule has 2 aromatic rings. The zero-order valence-corrected chi connectivity index (χ0v) is 11.1. The first-order chi connectivity index (χ1) is 8.52. The molecule has 2 aromatic heterocycles. The lowest BCUT2D eigenvalue weighted by molar-refractivity contribution is -0.142. The second kappa shape index (κ2) is 8.10. The molecular weight excluding hydrogens is 272 g/mol. The van der Waals surface area contributed by atoms with Crippen molar-refractivity contribution in [3.63, 3.8) is 0 Å². The van der Waals surface area contributed by atoms with E-state index in [0.29, 0.717) is 0 Å². The molecule has 7 heteroatoms. The van der Waals surface area contributed by atoms with Gasteiger partial charge in [0.1, 0.15) is 5.71 Å². The molecule has 0 spiro atoms. The first kappa shape index (κ1) is 16.9. The molecule has 19 heavy (non-hydrogen) atoms. The number of carboxylic acid groups (broad SMARTS) is 1. The van der Waals surface area contributed by atoms with Crippen LogP contribution in [0.3, 0.4) is 0 Å². The van der Waals surface area contributed by atoms with Gasteiger partial charge in [0.25, 0.3) is 0 Å². The lowest BCUT2D eigenvalue weighted by atomic mass is 10.3. The third-order valence-corrected chi connectivity index (χ3v) is 2.06. The summed E-state index contributed by atoms with van der Waals surface area (Å²) in [4.78, 5) is 23.7.